The van der Waals surface area contributed by atoms with Crippen molar-refractivity contribution in [1.82, 2.24) is 0 Å². The number of hydrogen-bond donors (Lipinski definition) is 1. The normalized spacial score (nSPS) is 11.0. The van der Waals surface area contributed by atoms with Crippen molar-refractivity contribution < 1.29 is 24.2 Å². The van der Waals surface area contributed by atoms with Crippen molar-refractivity contribution in [3.8, 4) is 11.5 Å². The minimum atomic E-state index is -0.881. The summed E-state index contributed by atoms with van der Waals surface area (Å²) in [5.74, 6) is 0.0242. The van der Waals surface area contributed by atoms with Gasteiger partial charge in [0.15, 0.2) is 0 Å². The molecular weight excluding hydrogens is 393 g/mol. The van der Waals surface area contributed by atoms with Gasteiger partial charge in [-0.3, -0.25) is 4.79 Å². The Hall–Kier alpha value is -1.63. The van der Waals surface area contributed by atoms with Crippen molar-refractivity contribution in [3.63, 3.8) is 0 Å². The summed E-state index contributed by atoms with van der Waals surface area (Å²) in [4.78, 5) is 15.6. The van der Waals surface area contributed by atoms with Crippen molar-refractivity contribution in [2.75, 3.05) is 20.3 Å². The van der Waals surface area contributed by atoms with Gasteiger partial charge in [0.2, 0.25) is 0 Å². The van der Waals surface area contributed by atoms with Crippen molar-refractivity contribution in [3.05, 3.63) is 33.3 Å². The molecule has 0 radical (unpaired) electrons. The molecule has 1 N–H and O–H groups in total. The number of carboxylic acid groups (broad SMARTS) is 1. The Kier molecular flexibility index (Phi) is 9.49. The summed E-state index contributed by atoms with van der Waals surface area (Å²) in [6.45, 7) is 2.08. The molecule has 0 spiro atoms. The van der Waals surface area contributed by atoms with E-state index in [1.165, 1.54) is 13.2 Å². The summed E-state index contributed by atoms with van der Waals surface area (Å²) in [6, 6.07) is 3.29. The predicted molar refractivity (Wildman–Crippen MR) is 98.3 cm³/mol. The molecule has 1 aromatic carbocycles. The largest absolute Gasteiger partial charge is 0.494 e. The topological polar surface area (TPSA) is 77.3 Å². The van der Waals surface area contributed by atoms with Crippen LogP contribution in [-0.2, 0) is 9.63 Å². The van der Waals surface area contributed by atoms with E-state index in [-0.39, 0.29) is 24.1 Å². The number of oxime groups is 1. The number of hydrogen-bond acceptors (Lipinski definition) is 5. The number of benzene rings is 1. The predicted octanol–water partition coefficient (Wildman–Crippen LogP) is 4.65. The molecule has 0 aliphatic carbocycles. The summed E-state index contributed by atoms with van der Waals surface area (Å²) in [7, 11) is 1.49. The van der Waals surface area contributed by atoms with E-state index < -0.39 is 5.97 Å². The van der Waals surface area contributed by atoms with Gasteiger partial charge in [0.1, 0.15) is 29.2 Å². The summed E-state index contributed by atoms with van der Waals surface area (Å²) < 4.78 is 10.9. The first-order valence-corrected chi connectivity index (χ1v) is 8.38. The van der Waals surface area contributed by atoms with Crippen molar-refractivity contribution in [2.24, 2.45) is 5.16 Å². The number of rotatable bonds is 10. The molecule has 0 saturated carbocycles. The molecule has 0 aliphatic rings. The number of halogens is 3. The summed E-state index contributed by atoms with van der Waals surface area (Å²) in [5, 5.41) is 12.9. The molecule has 1 aromatic rings. The van der Waals surface area contributed by atoms with Gasteiger partial charge in [-0.1, -0.05) is 40.0 Å². The molecule has 0 bridgehead atoms. The van der Waals surface area contributed by atoms with E-state index in [9.17, 15) is 4.79 Å². The molecule has 9 heteroatoms. The highest BCUT2D eigenvalue weighted by Crippen LogP contribution is 2.34. The highest BCUT2D eigenvalue weighted by atomic mass is 35.5. The average Bonchev–Trinajstić information content (AvgIpc) is 2.53. The molecule has 0 heterocycles. The third-order valence-corrected chi connectivity index (χ3v) is 3.52. The number of carbonyl (C=O) groups is 1. The van der Waals surface area contributed by atoms with Crippen LogP contribution in [0.3, 0.4) is 0 Å². The third-order valence-electron chi connectivity index (χ3n) is 2.93. The maximum absolute atomic E-state index is 10.4. The molecule has 0 amide bonds. The Morgan fingerprint density at radius 3 is 2.68 bits per heavy atom. The van der Waals surface area contributed by atoms with Gasteiger partial charge in [-0.05, 0) is 25.5 Å². The van der Waals surface area contributed by atoms with Crippen LogP contribution < -0.4 is 9.47 Å². The standard InChI is InChI=1S/C16H18Cl3NO5/c1-10(20-25-6-3-4-15(21)22)12-8-11(24-7-5-14(18)19)9-13(17)16(12)23-2/h5,8-9H,3-4,6-7H2,1-2H3,(H,21,22). The molecule has 0 atom stereocenters. The highest BCUT2D eigenvalue weighted by molar-refractivity contribution is 6.55. The quantitative estimate of drug-likeness (QED) is 0.345. The molecule has 0 saturated heterocycles. The van der Waals surface area contributed by atoms with E-state index in [1.54, 1.807) is 19.1 Å². The Balaban J connectivity index is 2.88. The summed E-state index contributed by atoms with van der Waals surface area (Å²) in [5.41, 5.74) is 1.09. The molecule has 0 fully saturated rings. The second kappa shape index (κ2) is 11.1. The SMILES string of the molecule is COc1c(Cl)cc(OCC=C(Cl)Cl)cc1C(C)=NOCCCC(=O)O. The second-order valence-corrected chi connectivity index (χ2v) is 6.21. The van der Waals surface area contributed by atoms with Crippen LogP contribution in [0.15, 0.2) is 27.9 Å². The van der Waals surface area contributed by atoms with E-state index >= 15 is 0 Å². The lowest BCUT2D eigenvalue weighted by Crippen LogP contribution is -2.04. The monoisotopic (exact) mass is 409 g/mol. The van der Waals surface area contributed by atoms with E-state index in [1.807, 2.05) is 0 Å². The summed E-state index contributed by atoms with van der Waals surface area (Å²) >= 11 is 17.3. The van der Waals surface area contributed by atoms with Gasteiger partial charge in [-0.15, -0.1) is 0 Å². The summed E-state index contributed by atoms with van der Waals surface area (Å²) in [6.07, 6.45) is 1.87. The van der Waals surface area contributed by atoms with Crippen LogP contribution in [0.4, 0.5) is 0 Å². The molecule has 6 nitrogen and oxygen atoms in total. The lowest BCUT2D eigenvalue weighted by atomic mass is 10.1. The van der Waals surface area contributed by atoms with Crippen LogP contribution in [0, 0.1) is 0 Å². The number of methoxy groups -OCH3 is 1. The van der Waals surface area contributed by atoms with Crippen molar-refractivity contribution >= 4 is 46.5 Å². The maximum atomic E-state index is 10.4. The van der Waals surface area contributed by atoms with Gasteiger partial charge in [0, 0.05) is 18.1 Å². The van der Waals surface area contributed by atoms with Gasteiger partial charge in [-0.25, -0.2) is 0 Å². The lowest BCUT2D eigenvalue weighted by Gasteiger charge is -2.13. The van der Waals surface area contributed by atoms with Gasteiger partial charge >= 0.3 is 5.97 Å². The Morgan fingerprint density at radius 2 is 2.08 bits per heavy atom. The zero-order valence-corrected chi connectivity index (χ0v) is 16.0. The van der Waals surface area contributed by atoms with Gasteiger partial charge in [-0.2, -0.15) is 0 Å². The molecule has 0 aromatic heterocycles. The fourth-order valence-electron chi connectivity index (χ4n) is 1.81. The minimum absolute atomic E-state index is 0.0176. The molecule has 1 rings (SSSR count). The zero-order valence-electron chi connectivity index (χ0n) is 13.7. The van der Waals surface area contributed by atoms with Gasteiger partial charge < -0.3 is 19.4 Å². The highest BCUT2D eigenvalue weighted by Gasteiger charge is 2.14. The van der Waals surface area contributed by atoms with Crippen LogP contribution in [0.1, 0.15) is 25.3 Å². The second-order valence-electron chi connectivity index (χ2n) is 4.80. The Morgan fingerprint density at radius 1 is 1.36 bits per heavy atom. The van der Waals surface area contributed by atoms with E-state index in [0.717, 1.165) is 0 Å². The van der Waals surface area contributed by atoms with Crippen LogP contribution in [0.2, 0.25) is 5.02 Å². The van der Waals surface area contributed by atoms with E-state index in [0.29, 0.717) is 34.2 Å². The molecule has 25 heavy (non-hydrogen) atoms. The lowest BCUT2D eigenvalue weighted by molar-refractivity contribution is -0.137. The molecule has 138 valence electrons. The third kappa shape index (κ3) is 7.86. The maximum Gasteiger partial charge on any atom is 0.303 e. The fraction of sp³-hybridized carbons (Fsp3) is 0.375. The molecule has 0 unspecified atom stereocenters. The fourth-order valence-corrected chi connectivity index (χ4v) is 2.22. The van der Waals surface area contributed by atoms with Crippen LogP contribution >= 0.6 is 34.8 Å². The van der Waals surface area contributed by atoms with E-state index in [2.05, 4.69) is 5.16 Å². The average molecular weight is 411 g/mol. The number of aliphatic carboxylic acids is 1. The van der Waals surface area contributed by atoms with Gasteiger partial charge in [0.05, 0.1) is 17.8 Å². The first-order valence-electron chi connectivity index (χ1n) is 7.25. The van der Waals surface area contributed by atoms with E-state index in [4.69, 9.17) is 54.2 Å². The molecule has 0 aliphatic heterocycles. The Bertz CT molecular complexity index is 657. The molecular formula is C16H18Cl3NO5. The smallest absolute Gasteiger partial charge is 0.303 e. The zero-order chi connectivity index (χ0) is 18.8. The number of ether oxygens (including phenoxy) is 2. The first kappa shape index (κ1) is 21.4. The van der Waals surface area contributed by atoms with Crippen LogP contribution in [0.5, 0.6) is 11.5 Å². The van der Waals surface area contributed by atoms with Gasteiger partial charge in [0.25, 0.3) is 0 Å². The minimum Gasteiger partial charge on any atom is -0.494 e. The first-order chi connectivity index (χ1) is 11.8. The van der Waals surface area contributed by atoms with Crippen molar-refractivity contribution in [2.45, 2.75) is 19.8 Å². The van der Waals surface area contributed by atoms with Crippen LogP contribution in [0.25, 0.3) is 0 Å². The van der Waals surface area contributed by atoms with Crippen LogP contribution in [-0.4, -0.2) is 37.1 Å². The Labute approximate surface area is 160 Å². The number of nitrogens with zero attached hydrogens (tertiary/aromatic N) is 1. The number of carboxylic acids is 1. The van der Waals surface area contributed by atoms with Crippen molar-refractivity contribution in [1.29, 1.82) is 0 Å².